The first-order valence-corrected chi connectivity index (χ1v) is 7.31. The van der Waals surface area contributed by atoms with Crippen molar-refractivity contribution >= 4 is 0 Å². The molecule has 1 aromatic rings. The van der Waals surface area contributed by atoms with Gasteiger partial charge in [-0.1, -0.05) is 37.5 Å². The van der Waals surface area contributed by atoms with Gasteiger partial charge in [-0.15, -0.1) is 6.58 Å². The van der Waals surface area contributed by atoms with E-state index >= 15 is 0 Å². The van der Waals surface area contributed by atoms with Gasteiger partial charge in [0, 0.05) is 0 Å². The van der Waals surface area contributed by atoms with E-state index in [1.54, 1.807) is 6.08 Å². The average molecular weight is 260 g/mol. The van der Waals surface area contributed by atoms with Gasteiger partial charge in [0.15, 0.2) is 0 Å². The fourth-order valence-electron chi connectivity index (χ4n) is 2.66. The molecule has 19 heavy (non-hydrogen) atoms. The van der Waals surface area contributed by atoms with Crippen molar-refractivity contribution in [2.45, 2.75) is 38.0 Å². The maximum Gasteiger partial charge on any atom is 0.119 e. The second kappa shape index (κ2) is 8.00. The molecule has 1 aliphatic rings. The van der Waals surface area contributed by atoms with Crippen molar-refractivity contribution < 1.29 is 9.47 Å². The van der Waals surface area contributed by atoms with Crippen molar-refractivity contribution in [2.24, 2.45) is 0 Å². The van der Waals surface area contributed by atoms with Crippen LogP contribution in [0.3, 0.4) is 0 Å². The molecule has 1 saturated carbocycles. The summed E-state index contributed by atoms with van der Waals surface area (Å²) in [6.45, 7) is 5.39. The van der Waals surface area contributed by atoms with E-state index in [4.69, 9.17) is 9.47 Å². The highest BCUT2D eigenvalue weighted by Gasteiger charge is 2.15. The van der Waals surface area contributed by atoms with Crippen LogP contribution in [0.15, 0.2) is 36.9 Å². The van der Waals surface area contributed by atoms with Crippen LogP contribution in [0, 0.1) is 0 Å². The van der Waals surface area contributed by atoms with E-state index < -0.39 is 0 Å². The van der Waals surface area contributed by atoms with Crippen molar-refractivity contribution in [1.29, 1.82) is 0 Å². The lowest BCUT2D eigenvalue weighted by atomic mass is 9.84. The van der Waals surface area contributed by atoms with Gasteiger partial charge in [-0.25, -0.2) is 0 Å². The van der Waals surface area contributed by atoms with Crippen LogP contribution >= 0.6 is 0 Å². The van der Waals surface area contributed by atoms with Gasteiger partial charge in [0.1, 0.15) is 12.4 Å². The molecule has 0 heterocycles. The Balaban J connectivity index is 1.76. The monoisotopic (exact) mass is 260 g/mol. The average Bonchev–Trinajstić information content (AvgIpc) is 2.49. The number of ether oxygens (including phenoxy) is 2. The Labute approximate surface area is 116 Å². The summed E-state index contributed by atoms with van der Waals surface area (Å²) < 4.78 is 10.9. The predicted molar refractivity (Wildman–Crippen MR) is 78.8 cm³/mol. The normalized spacial score (nSPS) is 16.2. The lowest BCUT2D eigenvalue weighted by Crippen LogP contribution is -2.07. The Bertz CT molecular complexity index is 363. The Hall–Kier alpha value is -1.28. The third-order valence-electron chi connectivity index (χ3n) is 3.69. The Morgan fingerprint density at radius 2 is 1.79 bits per heavy atom. The zero-order valence-electron chi connectivity index (χ0n) is 11.6. The minimum atomic E-state index is 0.587. The highest BCUT2D eigenvalue weighted by molar-refractivity contribution is 5.29. The van der Waals surface area contributed by atoms with E-state index in [-0.39, 0.29) is 0 Å². The summed E-state index contributed by atoms with van der Waals surface area (Å²) in [7, 11) is 0. The van der Waals surface area contributed by atoms with E-state index in [1.165, 1.54) is 37.7 Å². The topological polar surface area (TPSA) is 18.5 Å². The van der Waals surface area contributed by atoms with Crippen molar-refractivity contribution in [3.63, 3.8) is 0 Å². The molecule has 1 aliphatic carbocycles. The summed E-state index contributed by atoms with van der Waals surface area (Å²) in [5, 5.41) is 0. The molecular formula is C17H24O2. The molecule has 0 bridgehead atoms. The van der Waals surface area contributed by atoms with Gasteiger partial charge < -0.3 is 9.47 Å². The highest BCUT2D eigenvalue weighted by Crippen LogP contribution is 2.33. The van der Waals surface area contributed by atoms with Gasteiger partial charge in [-0.05, 0) is 36.5 Å². The van der Waals surface area contributed by atoms with E-state index in [0.717, 1.165) is 11.7 Å². The quantitative estimate of drug-likeness (QED) is 0.537. The predicted octanol–water partition coefficient (Wildman–Crippen LogP) is 4.32. The largest absolute Gasteiger partial charge is 0.491 e. The summed E-state index contributed by atoms with van der Waals surface area (Å²) in [4.78, 5) is 0. The van der Waals surface area contributed by atoms with Crippen molar-refractivity contribution in [1.82, 2.24) is 0 Å². The van der Waals surface area contributed by atoms with Gasteiger partial charge in [-0.3, -0.25) is 0 Å². The number of rotatable bonds is 7. The summed E-state index contributed by atoms with van der Waals surface area (Å²) in [6, 6.07) is 8.60. The van der Waals surface area contributed by atoms with E-state index in [2.05, 4.69) is 30.8 Å². The summed E-state index contributed by atoms with van der Waals surface area (Å²) in [5.41, 5.74) is 1.47. The summed E-state index contributed by atoms with van der Waals surface area (Å²) in [6.07, 6.45) is 8.60. The number of hydrogen-bond acceptors (Lipinski definition) is 2. The van der Waals surface area contributed by atoms with Gasteiger partial charge >= 0.3 is 0 Å². The van der Waals surface area contributed by atoms with Crippen LogP contribution in [0.1, 0.15) is 43.6 Å². The fourth-order valence-corrected chi connectivity index (χ4v) is 2.66. The van der Waals surface area contributed by atoms with Crippen LogP contribution in [0.5, 0.6) is 5.75 Å². The van der Waals surface area contributed by atoms with Crippen molar-refractivity contribution in [3.8, 4) is 5.75 Å². The highest BCUT2D eigenvalue weighted by atomic mass is 16.5. The second-order valence-corrected chi connectivity index (χ2v) is 5.12. The third-order valence-corrected chi connectivity index (χ3v) is 3.69. The first-order valence-electron chi connectivity index (χ1n) is 7.31. The molecule has 0 aliphatic heterocycles. The van der Waals surface area contributed by atoms with Crippen LogP contribution in [0.2, 0.25) is 0 Å². The van der Waals surface area contributed by atoms with Gasteiger partial charge in [0.25, 0.3) is 0 Å². The lowest BCUT2D eigenvalue weighted by Gasteiger charge is -2.22. The molecular weight excluding hydrogens is 236 g/mol. The second-order valence-electron chi connectivity index (χ2n) is 5.12. The third kappa shape index (κ3) is 4.71. The summed E-state index contributed by atoms with van der Waals surface area (Å²) >= 11 is 0. The molecule has 2 heteroatoms. The van der Waals surface area contributed by atoms with Crippen LogP contribution in [0.25, 0.3) is 0 Å². The lowest BCUT2D eigenvalue weighted by molar-refractivity contribution is 0.121. The van der Waals surface area contributed by atoms with Crippen LogP contribution in [-0.2, 0) is 4.74 Å². The van der Waals surface area contributed by atoms with Crippen LogP contribution < -0.4 is 4.74 Å². The zero-order valence-corrected chi connectivity index (χ0v) is 11.6. The molecule has 0 amide bonds. The molecule has 0 N–H and O–H groups in total. The van der Waals surface area contributed by atoms with Crippen LogP contribution in [-0.4, -0.2) is 19.8 Å². The minimum Gasteiger partial charge on any atom is -0.491 e. The Morgan fingerprint density at radius 3 is 2.47 bits per heavy atom. The molecule has 1 aromatic carbocycles. The van der Waals surface area contributed by atoms with Crippen molar-refractivity contribution in [3.05, 3.63) is 42.5 Å². The molecule has 2 rings (SSSR count). The molecule has 0 aromatic heterocycles. The van der Waals surface area contributed by atoms with E-state index in [9.17, 15) is 0 Å². The molecule has 104 valence electrons. The van der Waals surface area contributed by atoms with E-state index in [1.807, 2.05) is 0 Å². The SMILES string of the molecule is C=CCOCCOc1ccc(C2CCCCC2)cc1. The molecule has 0 atom stereocenters. The van der Waals surface area contributed by atoms with Gasteiger partial charge in [0.2, 0.25) is 0 Å². The molecule has 0 radical (unpaired) electrons. The molecule has 1 fully saturated rings. The molecule has 0 unspecified atom stereocenters. The standard InChI is InChI=1S/C17H24O2/c1-2-12-18-13-14-19-17-10-8-16(9-11-17)15-6-4-3-5-7-15/h2,8-11,15H,1,3-7,12-14H2. The van der Waals surface area contributed by atoms with Crippen LogP contribution in [0.4, 0.5) is 0 Å². The first-order chi connectivity index (χ1) is 9.40. The molecule has 2 nitrogen and oxygen atoms in total. The minimum absolute atomic E-state index is 0.587. The number of hydrogen-bond donors (Lipinski definition) is 0. The maximum atomic E-state index is 5.64. The first kappa shape index (κ1) is 14.1. The zero-order chi connectivity index (χ0) is 13.3. The van der Waals surface area contributed by atoms with E-state index in [0.29, 0.717) is 19.8 Å². The Kier molecular flexibility index (Phi) is 5.96. The summed E-state index contributed by atoms with van der Waals surface area (Å²) in [5.74, 6) is 1.69. The molecule has 0 spiro atoms. The smallest absolute Gasteiger partial charge is 0.119 e. The number of benzene rings is 1. The molecule has 0 saturated heterocycles. The fraction of sp³-hybridized carbons (Fsp3) is 0.529. The Morgan fingerprint density at radius 1 is 1.05 bits per heavy atom. The maximum absolute atomic E-state index is 5.64. The van der Waals surface area contributed by atoms with Crippen molar-refractivity contribution in [2.75, 3.05) is 19.8 Å². The van der Waals surface area contributed by atoms with Gasteiger partial charge in [-0.2, -0.15) is 0 Å². The van der Waals surface area contributed by atoms with Gasteiger partial charge in [0.05, 0.1) is 13.2 Å².